The van der Waals surface area contributed by atoms with Gasteiger partial charge in [-0.05, 0) is 30.0 Å². The van der Waals surface area contributed by atoms with Crippen molar-refractivity contribution >= 4 is 17.6 Å². The molecule has 1 aliphatic heterocycles. The number of carbonyl (C=O) groups is 1. The van der Waals surface area contributed by atoms with Crippen LogP contribution in [0.5, 0.6) is 5.75 Å². The van der Waals surface area contributed by atoms with Gasteiger partial charge in [0.1, 0.15) is 17.4 Å². The maximum atomic E-state index is 12.4. The van der Waals surface area contributed by atoms with Crippen molar-refractivity contribution in [3.05, 3.63) is 50.8 Å². The Bertz CT molecular complexity index is 1020. The molecular weight excluding hydrogens is 394 g/mol. The van der Waals surface area contributed by atoms with Gasteiger partial charge < -0.3 is 19.1 Å². The number of benzene rings is 1. The van der Waals surface area contributed by atoms with E-state index in [0.29, 0.717) is 22.9 Å². The molecule has 0 radical (unpaired) electrons. The normalized spacial score (nSPS) is 22.6. The summed E-state index contributed by atoms with van der Waals surface area (Å²) in [6, 6.07) is 5.22. The Morgan fingerprint density at radius 1 is 1.24 bits per heavy atom. The molecule has 0 saturated heterocycles. The first-order valence-corrected chi connectivity index (χ1v) is 10.2. The molecule has 0 amide bonds. The number of fused-ring (bicyclic) bond motifs is 3. The molecule has 1 fully saturated rings. The second-order valence-corrected chi connectivity index (χ2v) is 8.58. The standard InChI is InChI=1S/C22H24ClNO5/c1-11(2)18-4-12-5-21(29-14-6-13(7-14)28-3)17(23)8-15(12)19-9-20(25)16(22(26)27)10-24(18)19/h5,8-11,13-14,18H,4,6-7H2,1-3H3,(H,26,27)/t13?,14?,18-/m0/s1. The van der Waals surface area contributed by atoms with E-state index < -0.39 is 11.4 Å². The smallest absolute Gasteiger partial charge is 0.341 e. The summed E-state index contributed by atoms with van der Waals surface area (Å²) in [6.45, 7) is 4.18. The number of rotatable bonds is 5. The van der Waals surface area contributed by atoms with E-state index in [4.69, 9.17) is 21.1 Å². The lowest BCUT2D eigenvalue weighted by molar-refractivity contribution is -0.0380. The summed E-state index contributed by atoms with van der Waals surface area (Å²) >= 11 is 6.51. The van der Waals surface area contributed by atoms with E-state index in [1.165, 1.54) is 12.3 Å². The predicted octanol–water partition coefficient (Wildman–Crippen LogP) is 4.18. The van der Waals surface area contributed by atoms with E-state index in [0.717, 1.165) is 24.0 Å². The molecule has 1 atom stereocenters. The maximum absolute atomic E-state index is 12.4. The largest absolute Gasteiger partial charge is 0.489 e. The van der Waals surface area contributed by atoms with Crippen molar-refractivity contribution in [2.75, 3.05) is 7.11 Å². The van der Waals surface area contributed by atoms with Gasteiger partial charge in [-0.15, -0.1) is 0 Å². The van der Waals surface area contributed by atoms with Gasteiger partial charge in [0.15, 0.2) is 5.43 Å². The highest BCUT2D eigenvalue weighted by atomic mass is 35.5. The monoisotopic (exact) mass is 417 g/mol. The van der Waals surface area contributed by atoms with Crippen LogP contribution >= 0.6 is 11.6 Å². The SMILES string of the molecule is COC1CC(Oc2cc3c(cc2Cl)-c2cc(=O)c(C(=O)O)cn2[C@H](C(C)C)C3)C1. The number of carboxylic acids is 1. The van der Waals surface area contributed by atoms with Gasteiger partial charge in [-0.2, -0.15) is 0 Å². The fourth-order valence-electron chi connectivity index (χ4n) is 4.16. The summed E-state index contributed by atoms with van der Waals surface area (Å²) in [5, 5.41) is 9.84. The molecule has 154 valence electrons. The van der Waals surface area contributed by atoms with Gasteiger partial charge in [-0.25, -0.2) is 4.79 Å². The zero-order chi connectivity index (χ0) is 20.9. The third kappa shape index (κ3) is 3.55. The van der Waals surface area contributed by atoms with Gasteiger partial charge in [0.05, 0.1) is 16.8 Å². The Morgan fingerprint density at radius 3 is 2.59 bits per heavy atom. The quantitative estimate of drug-likeness (QED) is 0.789. The summed E-state index contributed by atoms with van der Waals surface area (Å²) in [6.07, 6.45) is 4.19. The summed E-state index contributed by atoms with van der Waals surface area (Å²) < 4.78 is 13.3. The lowest BCUT2D eigenvalue weighted by atomic mass is 9.87. The highest BCUT2D eigenvalue weighted by Gasteiger charge is 2.33. The lowest BCUT2D eigenvalue weighted by Gasteiger charge is -2.36. The van der Waals surface area contributed by atoms with Crippen molar-refractivity contribution in [3.63, 3.8) is 0 Å². The number of carboxylic acid groups (broad SMARTS) is 1. The average Bonchev–Trinajstić information content (AvgIpc) is 2.63. The van der Waals surface area contributed by atoms with Crippen LogP contribution in [0.2, 0.25) is 5.02 Å². The van der Waals surface area contributed by atoms with Gasteiger partial charge in [0.25, 0.3) is 0 Å². The molecule has 1 aromatic heterocycles. The fraction of sp³-hybridized carbons (Fsp3) is 0.455. The molecule has 1 aromatic carbocycles. The molecule has 0 spiro atoms. The minimum absolute atomic E-state index is 0.0341. The summed E-state index contributed by atoms with van der Waals surface area (Å²) in [5.74, 6) is -0.319. The molecule has 29 heavy (non-hydrogen) atoms. The van der Waals surface area contributed by atoms with Crippen molar-refractivity contribution in [2.24, 2.45) is 5.92 Å². The number of pyridine rings is 1. The maximum Gasteiger partial charge on any atom is 0.341 e. The molecule has 0 bridgehead atoms. The summed E-state index contributed by atoms with van der Waals surface area (Å²) in [4.78, 5) is 23.8. The third-order valence-corrected chi connectivity index (χ3v) is 6.27. The Kier molecular flexibility index (Phi) is 5.17. The van der Waals surface area contributed by atoms with Crippen molar-refractivity contribution in [3.8, 4) is 17.0 Å². The number of nitrogens with zero attached hydrogens (tertiary/aromatic N) is 1. The Morgan fingerprint density at radius 2 is 1.97 bits per heavy atom. The van der Waals surface area contributed by atoms with Gasteiger partial charge >= 0.3 is 5.97 Å². The Hall–Kier alpha value is -2.31. The second-order valence-electron chi connectivity index (χ2n) is 8.17. The highest BCUT2D eigenvalue weighted by Crippen LogP contribution is 2.42. The van der Waals surface area contributed by atoms with E-state index in [9.17, 15) is 14.7 Å². The van der Waals surface area contributed by atoms with Gasteiger partial charge in [0.2, 0.25) is 0 Å². The van der Waals surface area contributed by atoms with Crippen LogP contribution in [0.4, 0.5) is 0 Å². The van der Waals surface area contributed by atoms with E-state index in [-0.39, 0.29) is 29.7 Å². The molecule has 1 aliphatic carbocycles. The summed E-state index contributed by atoms with van der Waals surface area (Å²) in [7, 11) is 1.70. The zero-order valence-electron chi connectivity index (χ0n) is 16.6. The van der Waals surface area contributed by atoms with Gasteiger partial charge in [0, 0.05) is 43.8 Å². The minimum Gasteiger partial charge on any atom is -0.489 e. The second kappa shape index (κ2) is 7.50. The van der Waals surface area contributed by atoms with E-state index >= 15 is 0 Å². The molecule has 2 aliphatic rings. The van der Waals surface area contributed by atoms with Gasteiger partial charge in [-0.1, -0.05) is 25.4 Å². The number of hydrogen-bond donors (Lipinski definition) is 1. The van der Waals surface area contributed by atoms with E-state index in [1.807, 2.05) is 16.7 Å². The molecule has 1 saturated carbocycles. The van der Waals surface area contributed by atoms with Crippen molar-refractivity contribution in [1.82, 2.24) is 4.57 Å². The van der Waals surface area contributed by atoms with Crippen molar-refractivity contribution in [1.29, 1.82) is 0 Å². The molecular formula is C22H24ClNO5. The molecule has 1 N–H and O–H groups in total. The third-order valence-electron chi connectivity index (χ3n) is 5.98. The van der Waals surface area contributed by atoms with Crippen molar-refractivity contribution in [2.45, 2.75) is 51.4 Å². The highest BCUT2D eigenvalue weighted by molar-refractivity contribution is 6.32. The van der Waals surface area contributed by atoms with Crippen LogP contribution in [-0.2, 0) is 11.2 Å². The number of ether oxygens (including phenoxy) is 2. The van der Waals surface area contributed by atoms with Crippen LogP contribution in [0.15, 0.2) is 29.2 Å². The van der Waals surface area contributed by atoms with E-state index in [1.54, 1.807) is 7.11 Å². The van der Waals surface area contributed by atoms with E-state index in [2.05, 4.69) is 13.8 Å². The van der Waals surface area contributed by atoms with Crippen LogP contribution in [0.1, 0.15) is 48.7 Å². The number of hydrogen-bond acceptors (Lipinski definition) is 4. The van der Waals surface area contributed by atoms with Crippen LogP contribution in [-0.4, -0.2) is 35.0 Å². The average molecular weight is 418 g/mol. The first-order chi connectivity index (χ1) is 13.8. The van der Waals surface area contributed by atoms with Crippen LogP contribution in [0.25, 0.3) is 11.3 Å². The van der Waals surface area contributed by atoms with Crippen LogP contribution < -0.4 is 10.2 Å². The number of methoxy groups -OCH3 is 1. The molecule has 2 aromatic rings. The van der Waals surface area contributed by atoms with Crippen molar-refractivity contribution < 1.29 is 19.4 Å². The fourth-order valence-corrected chi connectivity index (χ4v) is 4.37. The molecule has 7 heteroatoms. The Labute approximate surface area is 174 Å². The number of aromatic carboxylic acids is 1. The lowest BCUT2D eigenvalue weighted by Crippen LogP contribution is -2.38. The topological polar surface area (TPSA) is 77.8 Å². The first kappa shape index (κ1) is 20.0. The molecule has 0 unspecified atom stereocenters. The summed E-state index contributed by atoms with van der Waals surface area (Å²) in [5.41, 5.74) is 1.86. The molecule has 4 rings (SSSR count). The number of halogens is 1. The van der Waals surface area contributed by atoms with Crippen LogP contribution in [0, 0.1) is 5.92 Å². The zero-order valence-corrected chi connectivity index (χ0v) is 17.4. The van der Waals surface area contributed by atoms with Gasteiger partial charge in [-0.3, -0.25) is 4.79 Å². The van der Waals surface area contributed by atoms with Crippen LogP contribution in [0.3, 0.4) is 0 Å². The Balaban J connectivity index is 1.76. The number of aromatic nitrogens is 1. The minimum atomic E-state index is -1.21. The first-order valence-electron chi connectivity index (χ1n) is 9.80. The predicted molar refractivity (Wildman–Crippen MR) is 110 cm³/mol. The molecule has 6 nitrogen and oxygen atoms in total. The molecule has 2 heterocycles.